The quantitative estimate of drug-likeness (QED) is 0.546. The monoisotopic (exact) mass is 410 g/mol. The minimum atomic E-state index is -0.372. The van der Waals surface area contributed by atoms with Crippen LogP contribution in [0.25, 0.3) is 0 Å². The van der Waals surface area contributed by atoms with Gasteiger partial charge in [-0.3, -0.25) is 14.5 Å². The number of halogens is 1. The van der Waals surface area contributed by atoms with E-state index < -0.39 is 0 Å². The van der Waals surface area contributed by atoms with E-state index in [0.29, 0.717) is 26.6 Å². The van der Waals surface area contributed by atoms with Gasteiger partial charge in [0.15, 0.2) is 4.34 Å². The SMILES string of the molecule is CCC(=O)N(c1nnc(S[C@@H](C)C(=O)Nc2ccccc2Cl)s1)C1CC1. The summed E-state index contributed by atoms with van der Waals surface area (Å²) in [7, 11) is 0. The average molecular weight is 411 g/mol. The molecule has 1 heterocycles. The molecule has 1 aromatic carbocycles. The molecule has 0 aliphatic heterocycles. The van der Waals surface area contributed by atoms with Gasteiger partial charge in [-0.15, -0.1) is 10.2 Å². The Morgan fingerprint density at radius 1 is 1.38 bits per heavy atom. The zero-order valence-electron chi connectivity index (χ0n) is 14.4. The molecule has 26 heavy (non-hydrogen) atoms. The second kappa shape index (κ2) is 8.37. The summed E-state index contributed by atoms with van der Waals surface area (Å²) < 4.78 is 0.663. The third-order valence-electron chi connectivity index (χ3n) is 3.86. The summed E-state index contributed by atoms with van der Waals surface area (Å²) in [6.45, 7) is 3.64. The molecule has 1 aliphatic rings. The van der Waals surface area contributed by atoms with Gasteiger partial charge in [0.05, 0.1) is 16.0 Å². The second-order valence-electron chi connectivity index (χ2n) is 5.93. The van der Waals surface area contributed by atoms with Crippen LogP contribution in [0.3, 0.4) is 0 Å². The molecule has 0 spiro atoms. The molecule has 1 atom stereocenters. The first kappa shape index (κ1) is 19.1. The molecule has 2 aromatic rings. The molecule has 0 bridgehead atoms. The van der Waals surface area contributed by atoms with Gasteiger partial charge >= 0.3 is 0 Å². The Labute approximate surface area is 165 Å². The van der Waals surface area contributed by atoms with Crippen LogP contribution in [0.2, 0.25) is 5.02 Å². The maximum atomic E-state index is 12.4. The van der Waals surface area contributed by atoms with Gasteiger partial charge in [0, 0.05) is 12.5 Å². The van der Waals surface area contributed by atoms with Crippen LogP contribution in [-0.2, 0) is 9.59 Å². The van der Waals surface area contributed by atoms with Crippen molar-refractivity contribution < 1.29 is 9.59 Å². The highest BCUT2D eigenvalue weighted by atomic mass is 35.5. The molecule has 2 amide bonds. The predicted octanol–water partition coefficient (Wildman–Crippen LogP) is 4.22. The maximum Gasteiger partial charge on any atom is 0.237 e. The molecule has 9 heteroatoms. The number of carbonyl (C=O) groups is 2. The summed E-state index contributed by atoms with van der Waals surface area (Å²) in [6.07, 6.45) is 2.45. The van der Waals surface area contributed by atoms with E-state index in [-0.39, 0.29) is 23.1 Å². The number of amides is 2. The van der Waals surface area contributed by atoms with Crippen LogP contribution >= 0.6 is 34.7 Å². The van der Waals surface area contributed by atoms with Gasteiger partial charge in [0.2, 0.25) is 16.9 Å². The maximum absolute atomic E-state index is 12.4. The first-order valence-electron chi connectivity index (χ1n) is 8.37. The lowest BCUT2D eigenvalue weighted by atomic mass is 10.3. The average Bonchev–Trinajstić information content (AvgIpc) is 3.36. The zero-order valence-corrected chi connectivity index (χ0v) is 16.8. The van der Waals surface area contributed by atoms with E-state index in [0.717, 1.165) is 12.8 Å². The third-order valence-corrected chi connectivity index (χ3v) is 6.30. The van der Waals surface area contributed by atoms with Gasteiger partial charge in [-0.2, -0.15) is 0 Å². The smallest absolute Gasteiger partial charge is 0.237 e. The largest absolute Gasteiger partial charge is 0.324 e. The molecule has 138 valence electrons. The van der Waals surface area contributed by atoms with Gasteiger partial charge in [-0.05, 0) is 31.9 Å². The van der Waals surface area contributed by atoms with Crippen molar-refractivity contribution in [1.82, 2.24) is 10.2 Å². The summed E-state index contributed by atoms with van der Waals surface area (Å²) >= 11 is 8.74. The highest BCUT2D eigenvalue weighted by Gasteiger charge is 2.35. The molecule has 1 aromatic heterocycles. The molecule has 0 radical (unpaired) electrons. The molecule has 0 saturated heterocycles. The number of rotatable bonds is 7. The Bertz CT molecular complexity index is 810. The Morgan fingerprint density at radius 2 is 2.12 bits per heavy atom. The standard InChI is InChI=1S/C17H19ClN4O2S2/c1-3-14(23)22(11-8-9-11)16-20-21-17(26-16)25-10(2)15(24)19-13-7-5-4-6-12(13)18/h4-7,10-11H,3,8-9H2,1-2H3,(H,19,24)/t10-/m0/s1. The number of para-hydroxylation sites is 1. The van der Waals surface area contributed by atoms with Crippen molar-refractivity contribution in [2.24, 2.45) is 0 Å². The van der Waals surface area contributed by atoms with Gasteiger partial charge in [-0.1, -0.05) is 53.8 Å². The molecule has 1 N–H and O–H groups in total. The lowest BCUT2D eigenvalue weighted by Gasteiger charge is -2.17. The van der Waals surface area contributed by atoms with Gasteiger partial charge in [0.1, 0.15) is 0 Å². The number of carbonyl (C=O) groups excluding carboxylic acids is 2. The van der Waals surface area contributed by atoms with Crippen LogP contribution in [0.15, 0.2) is 28.6 Å². The molecule has 0 unspecified atom stereocenters. The van der Waals surface area contributed by atoms with E-state index in [2.05, 4.69) is 15.5 Å². The topological polar surface area (TPSA) is 75.2 Å². The van der Waals surface area contributed by atoms with Crippen molar-refractivity contribution in [3.05, 3.63) is 29.3 Å². The number of anilines is 2. The van der Waals surface area contributed by atoms with E-state index in [1.54, 1.807) is 24.0 Å². The van der Waals surface area contributed by atoms with Crippen LogP contribution in [-0.4, -0.2) is 33.3 Å². The molecule has 6 nitrogen and oxygen atoms in total. The van der Waals surface area contributed by atoms with Crippen LogP contribution < -0.4 is 10.2 Å². The normalized spacial score (nSPS) is 14.7. The first-order chi connectivity index (χ1) is 12.5. The van der Waals surface area contributed by atoms with Gasteiger partial charge < -0.3 is 5.32 Å². The second-order valence-corrected chi connectivity index (χ2v) is 8.88. The number of hydrogen-bond acceptors (Lipinski definition) is 6. The third kappa shape index (κ3) is 4.55. The summed E-state index contributed by atoms with van der Waals surface area (Å²) in [6, 6.07) is 7.35. The molecule has 1 aliphatic carbocycles. The van der Waals surface area contributed by atoms with Crippen molar-refractivity contribution in [2.45, 2.75) is 48.7 Å². The van der Waals surface area contributed by atoms with Crippen LogP contribution in [0.5, 0.6) is 0 Å². The van der Waals surface area contributed by atoms with Crippen molar-refractivity contribution in [3.63, 3.8) is 0 Å². The summed E-state index contributed by atoms with van der Waals surface area (Å²) in [4.78, 5) is 26.3. The number of thioether (sulfide) groups is 1. The Balaban J connectivity index is 1.63. The number of benzene rings is 1. The molecule has 3 rings (SSSR count). The van der Waals surface area contributed by atoms with Crippen molar-refractivity contribution in [1.29, 1.82) is 0 Å². The Kier molecular flexibility index (Phi) is 6.16. The minimum absolute atomic E-state index is 0.0599. The van der Waals surface area contributed by atoms with E-state index in [1.165, 1.54) is 23.1 Å². The Morgan fingerprint density at radius 3 is 2.77 bits per heavy atom. The summed E-state index contributed by atoms with van der Waals surface area (Å²) in [5.41, 5.74) is 0.582. The lowest BCUT2D eigenvalue weighted by molar-refractivity contribution is -0.118. The number of hydrogen-bond donors (Lipinski definition) is 1. The van der Waals surface area contributed by atoms with Crippen molar-refractivity contribution in [2.75, 3.05) is 10.2 Å². The Hall–Kier alpha value is -1.64. The van der Waals surface area contributed by atoms with Gasteiger partial charge in [-0.25, -0.2) is 0 Å². The summed E-state index contributed by atoms with van der Waals surface area (Å²) in [5.74, 6) is -0.103. The first-order valence-corrected chi connectivity index (χ1v) is 10.4. The fourth-order valence-corrected chi connectivity index (χ4v) is 4.58. The molecular formula is C17H19ClN4O2S2. The van der Waals surface area contributed by atoms with Gasteiger partial charge in [0.25, 0.3) is 0 Å². The molecule has 1 saturated carbocycles. The highest BCUT2D eigenvalue weighted by molar-refractivity contribution is 8.02. The number of nitrogens with one attached hydrogen (secondary N) is 1. The van der Waals surface area contributed by atoms with E-state index in [9.17, 15) is 9.59 Å². The summed E-state index contributed by atoms with van der Waals surface area (Å²) in [5, 5.41) is 11.8. The fraction of sp³-hybridized carbons (Fsp3) is 0.412. The highest BCUT2D eigenvalue weighted by Crippen LogP contribution is 2.37. The minimum Gasteiger partial charge on any atom is -0.324 e. The predicted molar refractivity (Wildman–Crippen MR) is 106 cm³/mol. The number of aromatic nitrogens is 2. The molecule has 1 fully saturated rings. The number of nitrogens with zero attached hydrogens (tertiary/aromatic N) is 3. The zero-order chi connectivity index (χ0) is 18.7. The van der Waals surface area contributed by atoms with E-state index >= 15 is 0 Å². The fourth-order valence-electron chi connectivity index (χ4n) is 2.32. The van der Waals surface area contributed by atoms with Crippen molar-refractivity contribution in [3.8, 4) is 0 Å². The lowest BCUT2D eigenvalue weighted by Crippen LogP contribution is -2.32. The van der Waals surface area contributed by atoms with Crippen LogP contribution in [0.1, 0.15) is 33.1 Å². The molecular weight excluding hydrogens is 392 g/mol. The van der Waals surface area contributed by atoms with E-state index in [4.69, 9.17) is 11.6 Å². The van der Waals surface area contributed by atoms with Crippen LogP contribution in [0, 0.1) is 0 Å². The van der Waals surface area contributed by atoms with Crippen LogP contribution in [0.4, 0.5) is 10.8 Å². The van der Waals surface area contributed by atoms with E-state index in [1.807, 2.05) is 19.1 Å². The van der Waals surface area contributed by atoms with Crippen molar-refractivity contribution >= 4 is 57.3 Å².